The molecule has 2 heterocycles. The molecule has 1 aromatic carbocycles. The van der Waals surface area contributed by atoms with Gasteiger partial charge in [0.25, 0.3) is 11.8 Å². The first-order valence-corrected chi connectivity index (χ1v) is 7.32. The fourth-order valence-electron chi connectivity index (χ4n) is 2.37. The second kappa shape index (κ2) is 7.16. The van der Waals surface area contributed by atoms with Gasteiger partial charge in [-0.1, -0.05) is 30.3 Å². The van der Waals surface area contributed by atoms with E-state index in [1.54, 1.807) is 10.8 Å². The first-order valence-electron chi connectivity index (χ1n) is 7.32. The third-order valence-electron chi connectivity index (χ3n) is 3.42. The van der Waals surface area contributed by atoms with E-state index in [9.17, 15) is 8.78 Å². The Bertz CT molecular complexity index is 828. The Hall–Kier alpha value is -3.16. The standard InChI is InChI=1S/C17H15F2N3O3/c1-23-14-13(25-16(18)19)15(24-2)21-17(20-14)22-10-6-9-12(22)11-7-4-3-5-8-11/h3-10,16H,1-2H3. The van der Waals surface area contributed by atoms with E-state index in [1.807, 2.05) is 42.5 Å². The van der Waals surface area contributed by atoms with Gasteiger partial charge in [-0.25, -0.2) is 0 Å². The molecule has 0 radical (unpaired) electrons. The van der Waals surface area contributed by atoms with Crippen LogP contribution >= 0.6 is 0 Å². The number of hydrogen-bond donors (Lipinski definition) is 0. The van der Waals surface area contributed by atoms with E-state index in [-0.39, 0.29) is 23.5 Å². The maximum absolute atomic E-state index is 12.6. The van der Waals surface area contributed by atoms with E-state index in [2.05, 4.69) is 14.7 Å². The summed E-state index contributed by atoms with van der Waals surface area (Å²) in [6.45, 7) is -3.05. The van der Waals surface area contributed by atoms with Crippen LogP contribution in [0.5, 0.6) is 17.5 Å². The Kier molecular flexibility index (Phi) is 4.78. The fraction of sp³-hybridized carbons (Fsp3) is 0.176. The number of methoxy groups -OCH3 is 2. The van der Waals surface area contributed by atoms with Crippen LogP contribution in [0.4, 0.5) is 8.78 Å². The first kappa shape index (κ1) is 16.7. The number of benzene rings is 1. The highest BCUT2D eigenvalue weighted by Crippen LogP contribution is 2.36. The van der Waals surface area contributed by atoms with Crippen molar-refractivity contribution in [1.29, 1.82) is 0 Å². The average Bonchev–Trinajstić information content (AvgIpc) is 3.12. The van der Waals surface area contributed by atoms with Crippen LogP contribution in [0.3, 0.4) is 0 Å². The number of ether oxygens (including phenoxy) is 3. The molecule has 0 spiro atoms. The lowest BCUT2D eigenvalue weighted by Crippen LogP contribution is -2.10. The molecule has 8 heteroatoms. The van der Waals surface area contributed by atoms with Crippen molar-refractivity contribution < 1.29 is 23.0 Å². The van der Waals surface area contributed by atoms with Gasteiger partial charge >= 0.3 is 6.61 Å². The molecule has 2 aromatic heterocycles. The number of hydrogen-bond acceptors (Lipinski definition) is 5. The molecule has 3 aromatic rings. The zero-order valence-electron chi connectivity index (χ0n) is 13.5. The minimum absolute atomic E-state index is 0.144. The van der Waals surface area contributed by atoms with Crippen LogP contribution < -0.4 is 14.2 Å². The molecule has 0 aliphatic carbocycles. The van der Waals surface area contributed by atoms with E-state index in [1.165, 1.54) is 14.2 Å². The van der Waals surface area contributed by atoms with Crippen LogP contribution in [0.1, 0.15) is 0 Å². The molecular formula is C17H15F2N3O3. The Morgan fingerprint density at radius 2 is 1.56 bits per heavy atom. The second-order valence-electron chi connectivity index (χ2n) is 4.88. The minimum atomic E-state index is -3.05. The lowest BCUT2D eigenvalue weighted by atomic mass is 10.1. The summed E-state index contributed by atoms with van der Waals surface area (Å²) in [5.41, 5.74) is 1.77. The predicted octanol–water partition coefficient (Wildman–Crippen LogP) is 3.55. The van der Waals surface area contributed by atoms with Gasteiger partial charge in [0.05, 0.1) is 19.9 Å². The van der Waals surface area contributed by atoms with Crippen LogP contribution in [-0.2, 0) is 0 Å². The molecule has 0 fully saturated rings. The third kappa shape index (κ3) is 3.37. The van der Waals surface area contributed by atoms with Gasteiger partial charge < -0.3 is 14.2 Å². The van der Waals surface area contributed by atoms with Gasteiger partial charge in [0.15, 0.2) is 0 Å². The summed E-state index contributed by atoms with van der Waals surface area (Å²) < 4.78 is 41.5. The van der Waals surface area contributed by atoms with E-state index < -0.39 is 6.61 Å². The maximum atomic E-state index is 12.6. The predicted molar refractivity (Wildman–Crippen MR) is 86.5 cm³/mol. The van der Waals surface area contributed by atoms with Gasteiger partial charge in [-0.3, -0.25) is 4.57 Å². The zero-order chi connectivity index (χ0) is 17.8. The van der Waals surface area contributed by atoms with Crippen LogP contribution in [0, 0.1) is 0 Å². The number of nitrogens with zero attached hydrogens (tertiary/aromatic N) is 3. The largest absolute Gasteiger partial charge is 0.478 e. The molecular weight excluding hydrogens is 332 g/mol. The van der Waals surface area contributed by atoms with Gasteiger partial charge in [0.1, 0.15) is 0 Å². The fourth-order valence-corrected chi connectivity index (χ4v) is 2.37. The van der Waals surface area contributed by atoms with Crippen molar-refractivity contribution in [2.75, 3.05) is 14.2 Å². The Morgan fingerprint density at radius 1 is 0.920 bits per heavy atom. The van der Waals surface area contributed by atoms with Crippen molar-refractivity contribution in [3.63, 3.8) is 0 Å². The molecule has 25 heavy (non-hydrogen) atoms. The maximum Gasteiger partial charge on any atom is 0.387 e. The van der Waals surface area contributed by atoms with Gasteiger partial charge in [0.2, 0.25) is 11.7 Å². The topological polar surface area (TPSA) is 58.4 Å². The Morgan fingerprint density at radius 3 is 2.12 bits per heavy atom. The van der Waals surface area contributed by atoms with Crippen LogP contribution in [0.15, 0.2) is 48.7 Å². The van der Waals surface area contributed by atoms with Gasteiger partial charge in [-0.15, -0.1) is 0 Å². The number of halogens is 2. The summed E-state index contributed by atoms with van der Waals surface area (Å²) in [6, 6.07) is 13.3. The lowest BCUT2D eigenvalue weighted by molar-refractivity contribution is -0.0534. The molecule has 6 nitrogen and oxygen atoms in total. The van der Waals surface area contributed by atoms with E-state index in [0.717, 1.165) is 11.3 Å². The van der Waals surface area contributed by atoms with Crippen LogP contribution in [-0.4, -0.2) is 35.4 Å². The first-order chi connectivity index (χ1) is 12.1. The monoisotopic (exact) mass is 347 g/mol. The molecule has 0 amide bonds. The molecule has 0 atom stereocenters. The molecule has 0 aliphatic heterocycles. The molecule has 0 unspecified atom stereocenters. The van der Waals surface area contributed by atoms with Crippen LogP contribution in [0.2, 0.25) is 0 Å². The van der Waals surface area contributed by atoms with E-state index in [0.29, 0.717) is 0 Å². The molecule has 0 aliphatic rings. The number of aromatic nitrogens is 3. The van der Waals surface area contributed by atoms with Gasteiger partial charge in [0, 0.05) is 6.20 Å². The smallest absolute Gasteiger partial charge is 0.387 e. The van der Waals surface area contributed by atoms with Crippen molar-refractivity contribution >= 4 is 0 Å². The summed E-state index contributed by atoms with van der Waals surface area (Å²) >= 11 is 0. The lowest BCUT2D eigenvalue weighted by Gasteiger charge is -2.15. The molecule has 130 valence electrons. The van der Waals surface area contributed by atoms with Gasteiger partial charge in [-0.2, -0.15) is 18.7 Å². The van der Waals surface area contributed by atoms with Crippen molar-refractivity contribution in [2.24, 2.45) is 0 Å². The number of rotatable bonds is 6. The molecule has 3 rings (SSSR count). The highest BCUT2D eigenvalue weighted by Gasteiger charge is 2.22. The normalized spacial score (nSPS) is 10.8. The summed E-state index contributed by atoms with van der Waals surface area (Å²) in [7, 11) is 2.61. The Labute approximate surface area is 142 Å². The highest BCUT2D eigenvalue weighted by atomic mass is 19.3. The SMILES string of the molecule is COc1nc(-n2cccc2-c2ccccc2)nc(OC)c1OC(F)F. The summed E-state index contributed by atoms with van der Waals surface area (Å²) in [4.78, 5) is 8.35. The number of alkyl halides is 2. The van der Waals surface area contributed by atoms with Crippen molar-refractivity contribution in [3.05, 3.63) is 48.7 Å². The van der Waals surface area contributed by atoms with Gasteiger partial charge in [-0.05, 0) is 17.7 Å². The molecule has 0 saturated heterocycles. The summed E-state index contributed by atoms with van der Waals surface area (Å²) in [5.74, 6) is -0.430. The van der Waals surface area contributed by atoms with Crippen molar-refractivity contribution in [3.8, 4) is 34.7 Å². The molecule has 0 bridgehead atoms. The van der Waals surface area contributed by atoms with Crippen molar-refractivity contribution in [1.82, 2.24) is 14.5 Å². The highest BCUT2D eigenvalue weighted by molar-refractivity contribution is 5.62. The zero-order valence-corrected chi connectivity index (χ0v) is 13.5. The molecule has 0 saturated carbocycles. The van der Waals surface area contributed by atoms with Crippen molar-refractivity contribution in [2.45, 2.75) is 6.61 Å². The minimum Gasteiger partial charge on any atom is -0.478 e. The average molecular weight is 347 g/mol. The van der Waals surface area contributed by atoms with E-state index in [4.69, 9.17) is 9.47 Å². The summed E-state index contributed by atoms with van der Waals surface area (Å²) in [5, 5.41) is 0. The second-order valence-corrected chi connectivity index (χ2v) is 4.88. The quantitative estimate of drug-likeness (QED) is 0.682. The van der Waals surface area contributed by atoms with E-state index >= 15 is 0 Å². The summed E-state index contributed by atoms with van der Waals surface area (Å²) in [6.07, 6.45) is 1.75. The van der Waals surface area contributed by atoms with Crippen LogP contribution in [0.25, 0.3) is 17.2 Å². The Balaban J connectivity index is 2.12. The molecule has 0 N–H and O–H groups in total. The third-order valence-corrected chi connectivity index (χ3v) is 3.42.